The van der Waals surface area contributed by atoms with Crippen molar-refractivity contribution >= 4 is 29.5 Å². The van der Waals surface area contributed by atoms with E-state index in [4.69, 9.17) is 9.47 Å². The van der Waals surface area contributed by atoms with E-state index in [-0.39, 0.29) is 11.8 Å². The minimum atomic E-state index is -0.966. The van der Waals surface area contributed by atoms with Crippen LogP contribution >= 0.6 is 0 Å². The summed E-state index contributed by atoms with van der Waals surface area (Å²) in [6.45, 7) is 5.68. The summed E-state index contributed by atoms with van der Waals surface area (Å²) in [5.74, 6) is -3.66. The van der Waals surface area contributed by atoms with Gasteiger partial charge >= 0.3 is 11.9 Å². The number of benzene rings is 2. The molecule has 0 bridgehead atoms. The van der Waals surface area contributed by atoms with Crippen LogP contribution in [0, 0.1) is 11.8 Å². The van der Waals surface area contributed by atoms with Crippen molar-refractivity contribution in [3.05, 3.63) is 71.8 Å². The molecule has 36 heavy (non-hydrogen) atoms. The number of ether oxygens (including phenoxy) is 2. The number of hydrogen-bond acceptors (Lipinski definition) is 7. The average Bonchev–Trinajstić information content (AvgIpc) is 2.87. The molecule has 0 aliphatic rings. The van der Waals surface area contributed by atoms with E-state index in [0.29, 0.717) is 11.1 Å². The van der Waals surface area contributed by atoms with Gasteiger partial charge in [-0.2, -0.15) is 0 Å². The Hall–Kier alpha value is -4.01. The first-order valence-electron chi connectivity index (χ1n) is 11.7. The molecule has 0 aliphatic heterocycles. The van der Waals surface area contributed by atoms with Crippen molar-refractivity contribution in [2.24, 2.45) is 11.8 Å². The van der Waals surface area contributed by atoms with E-state index in [1.165, 1.54) is 0 Å². The van der Waals surface area contributed by atoms with Gasteiger partial charge in [-0.3, -0.25) is 14.4 Å². The fourth-order valence-corrected chi connectivity index (χ4v) is 3.15. The van der Waals surface area contributed by atoms with Crippen LogP contribution in [0.25, 0.3) is 0 Å². The normalized spacial score (nSPS) is 12.4. The lowest BCUT2D eigenvalue weighted by molar-refractivity contribution is -0.155. The largest absolute Gasteiger partial charge is 0.456 e. The maximum Gasteiger partial charge on any atom is 0.329 e. The summed E-state index contributed by atoms with van der Waals surface area (Å²) in [6.07, 6.45) is 0. The Bertz CT molecular complexity index is 969. The minimum absolute atomic E-state index is 0.293. The van der Waals surface area contributed by atoms with Crippen LogP contribution in [0.5, 0.6) is 0 Å². The van der Waals surface area contributed by atoms with E-state index >= 15 is 0 Å². The molecule has 9 nitrogen and oxygen atoms in total. The van der Waals surface area contributed by atoms with E-state index in [1.54, 1.807) is 88.4 Å². The molecule has 0 spiro atoms. The SMILES string of the molecule is CC(C)C(NC(=O)c1ccccc1)C(=O)OCC(=O)COC(=O)C(NC(=O)c1ccccc1)C(C)C. The van der Waals surface area contributed by atoms with Gasteiger partial charge in [0.15, 0.2) is 13.2 Å². The first-order chi connectivity index (χ1) is 17.1. The molecular formula is C27H32N2O7. The van der Waals surface area contributed by atoms with Gasteiger partial charge in [0.05, 0.1) is 0 Å². The lowest BCUT2D eigenvalue weighted by Gasteiger charge is -2.21. The molecule has 2 amide bonds. The van der Waals surface area contributed by atoms with Crippen LogP contribution in [0.1, 0.15) is 48.4 Å². The first kappa shape index (κ1) is 28.2. The zero-order valence-corrected chi connectivity index (χ0v) is 20.9. The number of hydrogen-bond donors (Lipinski definition) is 2. The average molecular weight is 497 g/mol. The number of carbonyl (C=O) groups excluding carboxylic acids is 5. The van der Waals surface area contributed by atoms with Crippen LogP contribution in [0.4, 0.5) is 0 Å². The lowest BCUT2D eigenvalue weighted by Crippen LogP contribution is -2.46. The van der Waals surface area contributed by atoms with Crippen LogP contribution in [0.2, 0.25) is 0 Å². The molecule has 2 unspecified atom stereocenters. The van der Waals surface area contributed by atoms with Gasteiger partial charge in [0.2, 0.25) is 5.78 Å². The Balaban J connectivity index is 1.85. The summed E-state index contributed by atoms with van der Waals surface area (Å²) in [5.41, 5.74) is 0.774. The number of esters is 2. The fourth-order valence-electron chi connectivity index (χ4n) is 3.15. The van der Waals surface area contributed by atoms with Crippen molar-refractivity contribution in [3.63, 3.8) is 0 Å². The second-order valence-corrected chi connectivity index (χ2v) is 8.88. The fraction of sp³-hybridized carbons (Fsp3) is 0.370. The van der Waals surface area contributed by atoms with Gasteiger partial charge in [0.25, 0.3) is 11.8 Å². The third-order valence-corrected chi connectivity index (χ3v) is 5.24. The van der Waals surface area contributed by atoms with Gasteiger partial charge in [0.1, 0.15) is 12.1 Å². The molecule has 0 fully saturated rings. The number of amides is 2. The molecule has 0 aromatic heterocycles. The Morgan fingerprint density at radius 1 is 0.611 bits per heavy atom. The van der Waals surface area contributed by atoms with Crippen molar-refractivity contribution in [1.82, 2.24) is 10.6 Å². The van der Waals surface area contributed by atoms with Crippen molar-refractivity contribution in [3.8, 4) is 0 Å². The highest BCUT2D eigenvalue weighted by Crippen LogP contribution is 2.09. The molecule has 0 saturated heterocycles. The Kier molecular flexibility index (Phi) is 10.8. The zero-order valence-electron chi connectivity index (χ0n) is 20.9. The highest BCUT2D eigenvalue weighted by molar-refractivity contribution is 5.98. The van der Waals surface area contributed by atoms with Gasteiger partial charge in [-0.15, -0.1) is 0 Å². The molecule has 2 atom stereocenters. The topological polar surface area (TPSA) is 128 Å². The quantitative estimate of drug-likeness (QED) is 0.432. The highest BCUT2D eigenvalue weighted by atomic mass is 16.6. The maximum atomic E-state index is 12.5. The van der Waals surface area contributed by atoms with E-state index in [1.807, 2.05) is 0 Å². The smallest absolute Gasteiger partial charge is 0.329 e. The van der Waals surface area contributed by atoms with Crippen molar-refractivity contribution < 1.29 is 33.4 Å². The van der Waals surface area contributed by atoms with Crippen molar-refractivity contribution in [1.29, 1.82) is 0 Å². The van der Waals surface area contributed by atoms with E-state index in [9.17, 15) is 24.0 Å². The van der Waals surface area contributed by atoms with Crippen molar-refractivity contribution in [2.45, 2.75) is 39.8 Å². The van der Waals surface area contributed by atoms with E-state index in [2.05, 4.69) is 10.6 Å². The Labute approximate surface area is 210 Å². The zero-order chi connectivity index (χ0) is 26.7. The third-order valence-electron chi connectivity index (χ3n) is 5.24. The predicted molar refractivity (Wildman–Crippen MR) is 132 cm³/mol. The molecule has 2 N–H and O–H groups in total. The molecule has 2 aromatic carbocycles. The number of rotatable bonds is 12. The van der Waals surface area contributed by atoms with Crippen LogP contribution in [-0.2, 0) is 23.9 Å². The van der Waals surface area contributed by atoms with Crippen LogP contribution in [-0.4, -0.2) is 54.8 Å². The summed E-state index contributed by atoms with van der Waals surface area (Å²) in [7, 11) is 0. The van der Waals surface area contributed by atoms with E-state index < -0.39 is 54.8 Å². The molecule has 0 radical (unpaired) electrons. The van der Waals surface area contributed by atoms with Gasteiger partial charge in [-0.05, 0) is 36.1 Å². The number of carbonyl (C=O) groups is 5. The number of nitrogens with one attached hydrogen (secondary N) is 2. The lowest BCUT2D eigenvalue weighted by atomic mass is 10.0. The summed E-state index contributed by atoms with van der Waals surface area (Å²) in [4.78, 5) is 62.0. The molecule has 0 saturated carbocycles. The molecule has 0 aliphatic carbocycles. The van der Waals surface area contributed by atoms with E-state index in [0.717, 1.165) is 0 Å². The van der Waals surface area contributed by atoms with Crippen LogP contribution in [0.15, 0.2) is 60.7 Å². The highest BCUT2D eigenvalue weighted by Gasteiger charge is 2.28. The standard InChI is InChI=1S/C27H32N2O7/c1-17(2)22(28-24(31)19-11-7-5-8-12-19)26(33)35-15-21(30)16-36-27(34)23(18(3)4)29-25(32)20-13-9-6-10-14-20/h5-14,17-18,22-23H,15-16H2,1-4H3,(H,28,31)(H,29,32). The van der Waals surface area contributed by atoms with Gasteiger partial charge in [0, 0.05) is 11.1 Å². The van der Waals surface area contributed by atoms with Crippen LogP contribution in [0.3, 0.4) is 0 Å². The Morgan fingerprint density at radius 3 is 1.25 bits per heavy atom. The summed E-state index contributed by atoms with van der Waals surface area (Å²) in [5, 5.41) is 5.23. The Morgan fingerprint density at radius 2 is 0.944 bits per heavy atom. The molecule has 0 heterocycles. The monoisotopic (exact) mass is 496 g/mol. The second kappa shape index (κ2) is 13.8. The van der Waals surface area contributed by atoms with Gasteiger partial charge in [-0.25, -0.2) is 9.59 Å². The third kappa shape index (κ3) is 8.65. The van der Waals surface area contributed by atoms with Gasteiger partial charge in [-0.1, -0.05) is 64.1 Å². The molecule has 2 aromatic rings. The summed E-state index contributed by atoms with van der Waals surface area (Å²) in [6, 6.07) is 14.9. The molecular weight excluding hydrogens is 464 g/mol. The predicted octanol–water partition coefficient (Wildman–Crippen LogP) is 2.55. The second-order valence-electron chi connectivity index (χ2n) is 8.88. The minimum Gasteiger partial charge on any atom is -0.456 e. The van der Waals surface area contributed by atoms with Gasteiger partial charge < -0.3 is 20.1 Å². The number of Topliss-reactive ketones (excluding diaryl/α,β-unsaturated/α-hetero) is 1. The maximum absolute atomic E-state index is 12.5. The first-order valence-corrected chi connectivity index (χ1v) is 11.7. The van der Waals surface area contributed by atoms with Crippen molar-refractivity contribution in [2.75, 3.05) is 13.2 Å². The molecule has 9 heteroatoms. The summed E-state index contributed by atoms with van der Waals surface area (Å²) >= 11 is 0. The molecule has 192 valence electrons. The number of ketones is 1. The molecule has 2 rings (SSSR count). The van der Waals surface area contributed by atoms with Crippen LogP contribution < -0.4 is 10.6 Å². The summed E-state index contributed by atoms with van der Waals surface area (Å²) < 4.78 is 10.1.